The molecule has 144 valence electrons. The van der Waals surface area contributed by atoms with Crippen LogP contribution in [-0.2, 0) is 14.3 Å². The summed E-state index contributed by atoms with van der Waals surface area (Å²) >= 11 is 3.30. The van der Waals surface area contributed by atoms with Gasteiger partial charge in [-0.3, -0.25) is 4.79 Å². The lowest BCUT2D eigenvalue weighted by Gasteiger charge is -2.08. The van der Waals surface area contributed by atoms with Crippen molar-refractivity contribution in [2.45, 2.75) is 0 Å². The van der Waals surface area contributed by atoms with Crippen LogP contribution in [0.15, 0.2) is 53.0 Å². The highest BCUT2D eigenvalue weighted by atomic mass is 79.9. The zero-order valence-electron chi connectivity index (χ0n) is 15.0. The highest BCUT2D eigenvalue weighted by Crippen LogP contribution is 2.28. The van der Waals surface area contributed by atoms with Gasteiger partial charge in [0.1, 0.15) is 6.07 Å². The predicted molar refractivity (Wildman–Crippen MR) is 107 cm³/mol. The standard InChI is InChI=1S/C20H17BrN2O5/c1-26-18-12-14(2-8-17(18)27-11-10-22)3-9-20(25)28-13-19(24)23-16-6-4-15(21)5-7-16/h2-9,12H,11,13H2,1H3,(H,23,24)/b9-3+. The fraction of sp³-hybridized carbons (Fsp3) is 0.150. The van der Waals surface area contributed by atoms with Gasteiger partial charge in [0, 0.05) is 16.2 Å². The molecule has 0 fully saturated rings. The van der Waals surface area contributed by atoms with Gasteiger partial charge in [-0.2, -0.15) is 5.26 Å². The second kappa shape index (κ2) is 10.7. The van der Waals surface area contributed by atoms with E-state index in [1.807, 2.05) is 6.07 Å². The summed E-state index contributed by atoms with van der Waals surface area (Å²) in [6.07, 6.45) is 2.73. The molecule has 0 aliphatic rings. The van der Waals surface area contributed by atoms with Crippen molar-refractivity contribution in [1.82, 2.24) is 0 Å². The first-order valence-corrected chi connectivity index (χ1v) is 8.89. The number of ether oxygens (including phenoxy) is 3. The number of hydrogen-bond donors (Lipinski definition) is 1. The number of halogens is 1. The van der Waals surface area contributed by atoms with Gasteiger partial charge in [-0.15, -0.1) is 0 Å². The minimum Gasteiger partial charge on any atom is -0.493 e. The third kappa shape index (κ3) is 6.78. The van der Waals surface area contributed by atoms with Crippen LogP contribution in [0.3, 0.4) is 0 Å². The van der Waals surface area contributed by atoms with Gasteiger partial charge in [-0.1, -0.05) is 22.0 Å². The first-order valence-electron chi connectivity index (χ1n) is 8.10. The Balaban J connectivity index is 1.86. The Kier molecular flexibility index (Phi) is 8.06. The Morgan fingerprint density at radius 1 is 1.18 bits per heavy atom. The van der Waals surface area contributed by atoms with E-state index in [2.05, 4.69) is 21.2 Å². The van der Waals surface area contributed by atoms with Crippen molar-refractivity contribution in [3.8, 4) is 17.6 Å². The Bertz CT molecular complexity index is 904. The lowest BCUT2D eigenvalue weighted by Crippen LogP contribution is -2.20. The fourth-order valence-electron chi connectivity index (χ4n) is 2.10. The molecule has 0 aliphatic carbocycles. The third-order valence-electron chi connectivity index (χ3n) is 3.37. The van der Waals surface area contributed by atoms with Gasteiger partial charge in [-0.25, -0.2) is 4.79 Å². The zero-order chi connectivity index (χ0) is 20.4. The number of amides is 1. The number of nitriles is 1. The molecule has 0 aliphatic heterocycles. The minimum atomic E-state index is -0.658. The molecule has 0 atom stereocenters. The van der Waals surface area contributed by atoms with Crippen LogP contribution in [-0.4, -0.2) is 32.2 Å². The van der Waals surface area contributed by atoms with Gasteiger partial charge >= 0.3 is 5.97 Å². The molecule has 0 radical (unpaired) electrons. The molecule has 1 amide bonds. The monoisotopic (exact) mass is 444 g/mol. The Hall–Kier alpha value is -3.31. The Morgan fingerprint density at radius 2 is 1.93 bits per heavy atom. The Morgan fingerprint density at radius 3 is 2.61 bits per heavy atom. The number of carbonyl (C=O) groups excluding carboxylic acids is 2. The first kappa shape index (κ1) is 21.0. The maximum absolute atomic E-state index is 11.8. The second-order valence-electron chi connectivity index (χ2n) is 5.35. The van der Waals surface area contributed by atoms with E-state index in [0.717, 1.165) is 4.47 Å². The van der Waals surface area contributed by atoms with E-state index in [1.54, 1.807) is 42.5 Å². The molecular formula is C20H17BrN2O5. The van der Waals surface area contributed by atoms with Crippen LogP contribution in [0.25, 0.3) is 6.08 Å². The van der Waals surface area contributed by atoms with Crippen molar-refractivity contribution >= 4 is 39.6 Å². The van der Waals surface area contributed by atoms with E-state index >= 15 is 0 Å². The van der Waals surface area contributed by atoms with Gasteiger partial charge in [0.2, 0.25) is 0 Å². The van der Waals surface area contributed by atoms with Crippen LogP contribution >= 0.6 is 15.9 Å². The van der Waals surface area contributed by atoms with Crippen molar-refractivity contribution in [2.75, 3.05) is 25.6 Å². The van der Waals surface area contributed by atoms with Crippen molar-refractivity contribution in [3.05, 3.63) is 58.6 Å². The SMILES string of the molecule is COc1cc(/C=C/C(=O)OCC(=O)Nc2ccc(Br)cc2)ccc1OCC#N. The quantitative estimate of drug-likeness (QED) is 0.493. The molecule has 0 unspecified atom stereocenters. The number of carbonyl (C=O) groups is 2. The highest BCUT2D eigenvalue weighted by molar-refractivity contribution is 9.10. The van der Waals surface area contributed by atoms with Crippen LogP contribution < -0.4 is 14.8 Å². The van der Waals surface area contributed by atoms with Gasteiger partial charge in [-0.05, 0) is 48.0 Å². The number of anilines is 1. The molecule has 2 rings (SSSR count). The Labute approximate surface area is 170 Å². The number of nitrogens with one attached hydrogen (secondary N) is 1. The lowest BCUT2D eigenvalue weighted by molar-refractivity contribution is -0.142. The maximum atomic E-state index is 11.8. The van der Waals surface area contributed by atoms with Crippen LogP contribution in [0.2, 0.25) is 0 Å². The molecule has 2 aromatic rings. The molecule has 2 aromatic carbocycles. The maximum Gasteiger partial charge on any atom is 0.331 e. The van der Waals surface area contributed by atoms with Gasteiger partial charge in [0.25, 0.3) is 5.91 Å². The zero-order valence-corrected chi connectivity index (χ0v) is 16.6. The summed E-state index contributed by atoms with van der Waals surface area (Å²) in [6.45, 7) is -0.496. The third-order valence-corrected chi connectivity index (χ3v) is 3.89. The van der Waals surface area contributed by atoms with E-state index < -0.39 is 18.5 Å². The molecule has 0 spiro atoms. The second-order valence-corrected chi connectivity index (χ2v) is 6.27. The topological polar surface area (TPSA) is 97.7 Å². The summed E-state index contributed by atoms with van der Waals surface area (Å²) in [7, 11) is 1.47. The summed E-state index contributed by atoms with van der Waals surface area (Å²) in [5, 5.41) is 11.2. The van der Waals surface area contributed by atoms with E-state index in [9.17, 15) is 9.59 Å². The molecule has 0 saturated heterocycles. The highest BCUT2D eigenvalue weighted by Gasteiger charge is 2.07. The average molecular weight is 445 g/mol. The molecule has 0 heterocycles. The summed E-state index contributed by atoms with van der Waals surface area (Å²) in [5.74, 6) is -0.243. The molecular weight excluding hydrogens is 428 g/mol. The summed E-state index contributed by atoms with van der Waals surface area (Å²) in [6, 6.07) is 13.9. The molecule has 7 nitrogen and oxygen atoms in total. The predicted octanol–water partition coefficient (Wildman–Crippen LogP) is 3.56. The number of benzene rings is 2. The molecule has 28 heavy (non-hydrogen) atoms. The van der Waals surface area contributed by atoms with E-state index in [4.69, 9.17) is 19.5 Å². The van der Waals surface area contributed by atoms with E-state index in [1.165, 1.54) is 19.3 Å². The number of rotatable bonds is 8. The van der Waals surface area contributed by atoms with Crippen molar-refractivity contribution < 1.29 is 23.8 Å². The number of esters is 1. The van der Waals surface area contributed by atoms with Gasteiger partial charge in [0.05, 0.1) is 7.11 Å². The smallest absolute Gasteiger partial charge is 0.331 e. The number of hydrogen-bond acceptors (Lipinski definition) is 6. The summed E-state index contributed by atoms with van der Waals surface area (Å²) < 4.78 is 16.2. The van der Waals surface area contributed by atoms with Crippen LogP contribution in [0.4, 0.5) is 5.69 Å². The largest absolute Gasteiger partial charge is 0.493 e. The number of nitrogens with zero attached hydrogens (tertiary/aromatic N) is 1. The summed E-state index contributed by atoms with van der Waals surface area (Å²) in [5.41, 5.74) is 1.27. The fourth-order valence-corrected chi connectivity index (χ4v) is 2.36. The lowest BCUT2D eigenvalue weighted by atomic mass is 10.2. The van der Waals surface area contributed by atoms with Gasteiger partial charge < -0.3 is 19.5 Å². The number of methoxy groups -OCH3 is 1. The van der Waals surface area contributed by atoms with Crippen molar-refractivity contribution in [2.24, 2.45) is 0 Å². The molecule has 0 aromatic heterocycles. The van der Waals surface area contributed by atoms with Crippen LogP contribution in [0.1, 0.15) is 5.56 Å². The minimum absolute atomic E-state index is 0.0970. The first-order chi connectivity index (χ1) is 13.5. The van der Waals surface area contributed by atoms with Crippen LogP contribution in [0.5, 0.6) is 11.5 Å². The van der Waals surface area contributed by atoms with Crippen molar-refractivity contribution in [3.63, 3.8) is 0 Å². The van der Waals surface area contributed by atoms with Crippen LogP contribution in [0, 0.1) is 11.3 Å². The average Bonchev–Trinajstić information content (AvgIpc) is 2.71. The van der Waals surface area contributed by atoms with Gasteiger partial charge in [0.15, 0.2) is 24.7 Å². The van der Waals surface area contributed by atoms with E-state index in [0.29, 0.717) is 22.7 Å². The molecule has 0 bridgehead atoms. The molecule has 8 heteroatoms. The molecule has 1 N–H and O–H groups in total. The summed E-state index contributed by atoms with van der Waals surface area (Å²) in [4.78, 5) is 23.6. The molecule has 0 saturated carbocycles. The van der Waals surface area contributed by atoms with Crippen molar-refractivity contribution in [1.29, 1.82) is 5.26 Å². The van der Waals surface area contributed by atoms with E-state index in [-0.39, 0.29) is 6.61 Å². The normalized spacial score (nSPS) is 10.2.